The van der Waals surface area contributed by atoms with Crippen molar-refractivity contribution in [2.24, 2.45) is 0 Å². The highest BCUT2D eigenvalue weighted by molar-refractivity contribution is 5.36. The predicted molar refractivity (Wildman–Crippen MR) is 66.8 cm³/mol. The first kappa shape index (κ1) is 11.5. The van der Waals surface area contributed by atoms with Crippen LogP contribution in [0.3, 0.4) is 0 Å². The van der Waals surface area contributed by atoms with Crippen LogP contribution in [0.2, 0.25) is 0 Å². The van der Waals surface area contributed by atoms with Crippen LogP contribution in [0.15, 0.2) is 24.3 Å². The van der Waals surface area contributed by atoms with Crippen molar-refractivity contribution in [2.75, 3.05) is 6.54 Å². The molecule has 1 N–H and O–H groups in total. The van der Waals surface area contributed by atoms with Gasteiger partial charge in [0.2, 0.25) is 0 Å². The summed E-state index contributed by atoms with van der Waals surface area (Å²) in [6.45, 7) is 5.27. The van der Waals surface area contributed by atoms with E-state index in [4.69, 9.17) is 4.74 Å². The van der Waals surface area contributed by atoms with Crippen LogP contribution in [0.25, 0.3) is 0 Å². The summed E-state index contributed by atoms with van der Waals surface area (Å²) in [4.78, 5) is 0. The van der Waals surface area contributed by atoms with E-state index in [-0.39, 0.29) is 6.10 Å². The van der Waals surface area contributed by atoms with Crippen molar-refractivity contribution in [3.63, 3.8) is 0 Å². The molecule has 0 aromatic heterocycles. The molecule has 2 rings (SSSR count). The SMILES string of the molecule is CC(C)Oc1ccccc1[C@@H]1CCCCN1. The highest BCUT2D eigenvalue weighted by atomic mass is 16.5. The summed E-state index contributed by atoms with van der Waals surface area (Å²) in [6.07, 6.45) is 4.07. The number of nitrogens with one attached hydrogen (secondary N) is 1. The zero-order valence-corrected chi connectivity index (χ0v) is 10.2. The molecule has 1 heterocycles. The number of para-hydroxylation sites is 1. The average Bonchev–Trinajstić information content (AvgIpc) is 2.30. The Morgan fingerprint density at radius 1 is 1.25 bits per heavy atom. The smallest absolute Gasteiger partial charge is 0.124 e. The summed E-state index contributed by atoms with van der Waals surface area (Å²) in [5.41, 5.74) is 1.32. The first-order valence-corrected chi connectivity index (χ1v) is 6.26. The number of hydrogen-bond acceptors (Lipinski definition) is 2. The van der Waals surface area contributed by atoms with Crippen LogP contribution in [0.1, 0.15) is 44.7 Å². The standard InChI is InChI=1S/C14H21NO/c1-11(2)16-14-9-4-3-7-12(14)13-8-5-6-10-15-13/h3-4,7,9,11,13,15H,5-6,8,10H2,1-2H3/t13-/m0/s1. The molecule has 1 fully saturated rings. The zero-order chi connectivity index (χ0) is 11.4. The Kier molecular flexibility index (Phi) is 3.83. The van der Waals surface area contributed by atoms with Crippen molar-refractivity contribution >= 4 is 0 Å². The number of rotatable bonds is 3. The number of ether oxygens (including phenoxy) is 1. The van der Waals surface area contributed by atoms with Gasteiger partial charge in [-0.05, 0) is 39.3 Å². The van der Waals surface area contributed by atoms with Gasteiger partial charge in [0, 0.05) is 11.6 Å². The molecule has 16 heavy (non-hydrogen) atoms. The number of piperidine rings is 1. The second-order valence-electron chi connectivity index (χ2n) is 4.71. The molecule has 1 aliphatic rings. The fourth-order valence-corrected chi connectivity index (χ4v) is 2.25. The monoisotopic (exact) mass is 219 g/mol. The third kappa shape index (κ3) is 2.76. The Bertz CT molecular complexity index is 329. The Balaban J connectivity index is 2.17. The van der Waals surface area contributed by atoms with Crippen molar-refractivity contribution in [2.45, 2.75) is 45.3 Å². The van der Waals surface area contributed by atoms with E-state index in [1.165, 1.54) is 24.8 Å². The minimum atomic E-state index is 0.241. The van der Waals surface area contributed by atoms with Crippen LogP contribution in [0.4, 0.5) is 0 Å². The van der Waals surface area contributed by atoms with E-state index in [0.717, 1.165) is 12.3 Å². The topological polar surface area (TPSA) is 21.3 Å². The lowest BCUT2D eigenvalue weighted by Gasteiger charge is -2.26. The lowest BCUT2D eigenvalue weighted by molar-refractivity contribution is 0.236. The van der Waals surface area contributed by atoms with Crippen molar-refractivity contribution in [1.29, 1.82) is 0 Å². The number of hydrogen-bond donors (Lipinski definition) is 1. The molecule has 1 aliphatic heterocycles. The summed E-state index contributed by atoms with van der Waals surface area (Å²) in [5.74, 6) is 1.04. The first-order valence-electron chi connectivity index (χ1n) is 6.26. The van der Waals surface area contributed by atoms with E-state index in [1.807, 2.05) is 6.07 Å². The number of benzene rings is 1. The molecule has 88 valence electrons. The van der Waals surface area contributed by atoms with Gasteiger partial charge in [-0.15, -0.1) is 0 Å². The van der Waals surface area contributed by atoms with Crippen LogP contribution >= 0.6 is 0 Å². The molecular formula is C14H21NO. The molecule has 0 unspecified atom stereocenters. The molecule has 0 radical (unpaired) electrons. The van der Waals surface area contributed by atoms with Crippen LogP contribution in [0, 0.1) is 0 Å². The van der Waals surface area contributed by atoms with Crippen molar-refractivity contribution in [1.82, 2.24) is 5.32 Å². The molecule has 1 aromatic rings. The quantitative estimate of drug-likeness (QED) is 0.842. The van der Waals surface area contributed by atoms with Gasteiger partial charge < -0.3 is 10.1 Å². The Hall–Kier alpha value is -1.02. The zero-order valence-electron chi connectivity index (χ0n) is 10.2. The van der Waals surface area contributed by atoms with E-state index < -0.39 is 0 Å². The van der Waals surface area contributed by atoms with Gasteiger partial charge in [0.05, 0.1) is 6.10 Å². The fourth-order valence-electron chi connectivity index (χ4n) is 2.25. The van der Waals surface area contributed by atoms with E-state index in [2.05, 4.69) is 37.4 Å². The molecule has 1 atom stereocenters. The second kappa shape index (κ2) is 5.35. The maximum atomic E-state index is 5.86. The molecule has 2 heteroatoms. The van der Waals surface area contributed by atoms with Gasteiger partial charge in [0.25, 0.3) is 0 Å². The van der Waals surface area contributed by atoms with Gasteiger partial charge in [0.15, 0.2) is 0 Å². The summed E-state index contributed by atoms with van der Waals surface area (Å²) >= 11 is 0. The van der Waals surface area contributed by atoms with Gasteiger partial charge in [-0.3, -0.25) is 0 Å². The molecule has 0 aliphatic carbocycles. The highest BCUT2D eigenvalue weighted by Gasteiger charge is 2.18. The van der Waals surface area contributed by atoms with E-state index in [1.54, 1.807) is 0 Å². The van der Waals surface area contributed by atoms with E-state index in [9.17, 15) is 0 Å². The maximum Gasteiger partial charge on any atom is 0.124 e. The van der Waals surface area contributed by atoms with Crippen molar-refractivity contribution in [3.05, 3.63) is 29.8 Å². The lowest BCUT2D eigenvalue weighted by Crippen LogP contribution is -2.27. The van der Waals surface area contributed by atoms with Crippen molar-refractivity contribution < 1.29 is 4.74 Å². The molecule has 2 nitrogen and oxygen atoms in total. The van der Waals surface area contributed by atoms with Gasteiger partial charge >= 0.3 is 0 Å². The normalized spacial score (nSPS) is 21.1. The summed E-state index contributed by atoms with van der Waals surface area (Å²) in [7, 11) is 0. The molecule has 1 aromatic carbocycles. The first-order chi connectivity index (χ1) is 7.77. The van der Waals surface area contributed by atoms with Gasteiger partial charge in [-0.25, -0.2) is 0 Å². The van der Waals surface area contributed by atoms with Crippen molar-refractivity contribution in [3.8, 4) is 5.75 Å². The van der Waals surface area contributed by atoms with E-state index >= 15 is 0 Å². The van der Waals surface area contributed by atoms with Gasteiger partial charge in [0.1, 0.15) is 5.75 Å². The third-order valence-corrected chi connectivity index (χ3v) is 2.97. The lowest BCUT2D eigenvalue weighted by atomic mass is 9.97. The average molecular weight is 219 g/mol. The molecular weight excluding hydrogens is 198 g/mol. The van der Waals surface area contributed by atoms with Crippen LogP contribution < -0.4 is 10.1 Å². The Morgan fingerprint density at radius 2 is 2.06 bits per heavy atom. The molecule has 0 saturated carbocycles. The van der Waals surface area contributed by atoms with Crippen LogP contribution in [0.5, 0.6) is 5.75 Å². The van der Waals surface area contributed by atoms with Gasteiger partial charge in [-0.1, -0.05) is 24.6 Å². The summed E-state index contributed by atoms with van der Waals surface area (Å²) in [5, 5.41) is 3.57. The van der Waals surface area contributed by atoms with Crippen LogP contribution in [-0.2, 0) is 0 Å². The minimum Gasteiger partial charge on any atom is -0.491 e. The summed E-state index contributed by atoms with van der Waals surface area (Å²) in [6, 6.07) is 8.87. The fraction of sp³-hybridized carbons (Fsp3) is 0.571. The molecule has 0 bridgehead atoms. The maximum absolute atomic E-state index is 5.86. The Morgan fingerprint density at radius 3 is 2.75 bits per heavy atom. The minimum absolute atomic E-state index is 0.241. The predicted octanol–water partition coefficient (Wildman–Crippen LogP) is 3.29. The largest absolute Gasteiger partial charge is 0.491 e. The second-order valence-corrected chi connectivity index (χ2v) is 4.71. The highest BCUT2D eigenvalue weighted by Crippen LogP contribution is 2.30. The van der Waals surface area contributed by atoms with E-state index in [0.29, 0.717) is 6.04 Å². The van der Waals surface area contributed by atoms with Crippen LogP contribution in [-0.4, -0.2) is 12.6 Å². The third-order valence-electron chi connectivity index (χ3n) is 2.97. The molecule has 1 saturated heterocycles. The molecule has 0 spiro atoms. The Labute approximate surface area is 98.0 Å². The van der Waals surface area contributed by atoms with Gasteiger partial charge in [-0.2, -0.15) is 0 Å². The molecule has 0 amide bonds. The summed E-state index contributed by atoms with van der Waals surface area (Å²) < 4.78 is 5.86.